The van der Waals surface area contributed by atoms with E-state index in [2.05, 4.69) is 20.4 Å². The third-order valence-electron chi connectivity index (χ3n) is 3.92. The van der Waals surface area contributed by atoms with Gasteiger partial charge in [0.15, 0.2) is 5.82 Å². The van der Waals surface area contributed by atoms with Crippen LogP contribution in [0.15, 0.2) is 65.3 Å². The normalized spacial score (nSPS) is 10.8. The molecular weight excluding hydrogens is 328 g/mol. The van der Waals surface area contributed by atoms with Gasteiger partial charge in [0, 0.05) is 30.2 Å². The van der Waals surface area contributed by atoms with E-state index in [1.165, 1.54) is 0 Å². The molecule has 0 aliphatic rings. The molecule has 6 heteroatoms. The number of pyridine rings is 1. The van der Waals surface area contributed by atoms with Crippen LogP contribution in [-0.4, -0.2) is 21.7 Å². The second kappa shape index (κ2) is 7.23. The van der Waals surface area contributed by atoms with Crippen LogP contribution in [0.5, 0.6) is 11.5 Å². The lowest BCUT2D eigenvalue weighted by molar-refractivity contribution is 0.377. The summed E-state index contributed by atoms with van der Waals surface area (Å²) in [4.78, 5) is 8.64. The minimum absolute atomic E-state index is 0.626. The Kier molecular flexibility index (Phi) is 4.47. The van der Waals surface area contributed by atoms with Crippen LogP contribution in [0.25, 0.3) is 10.9 Å². The van der Waals surface area contributed by atoms with Gasteiger partial charge < -0.3 is 14.6 Å². The van der Waals surface area contributed by atoms with Crippen LogP contribution in [0.2, 0.25) is 0 Å². The van der Waals surface area contributed by atoms with Gasteiger partial charge >= 0.3 is 0 Å². The molecule has 0 radical (unpaired) electrons. The van der Waals surface area contributed by atoms with Gasteiger partial charge in [-0.3, -0.25) is 4.98 Å². The summed E-state index contributed by atoms with van der Waals surface area (Å²) in [7, 11) is 0. The molecule has 1 N–H and O–H groups in total. The number of anilines is 1. The van der Waals surface area contributed by atoms with Crippen molar-refractivity contribution in [3.8, 4) is 11.5 Å². The fraction of sp³-hybridized carbons (Fsp3) is 0.150. The van der Waals surface area contributed by atoms with Crippen molar-refractivity contribution < 1.29 is 9.26 Å². The van der Waals surface area contributed by atoms with Crippen LogP contribution in [0.4, 0.5) is 5.69 Å². The predicted octanol–water partition coefficient (Wildman–Crippen LogP) is 4.37. The topological polar surface area (TPSA) is 73.1 Å². The average Bonchev–Trinajstić information content (AvgIpc) is 3.08. The highest BCUT2D eigenvalue weighted by molar-refractivity contribution is 5.92. The van der Waals surface area contributed by atoms with E-state index < -0.39 is 0 Å². The lowest BCUT2D eigenvalue weighted by Gasteiger charge is -2.11. The monoisotopic (exact) mass is 346 g/mol. The van der Waals surface area contributed by atoms with Gasteiger partial charge in [-0.05, 0) is 43.3 Å². The molecule has 2 aromatic carbocycles. The van der Waals surface area contributed by atoms with Gasteiger partial charge in [0.2, 0.25) is 5.89 Å². The molecule has 0 aliphatic heterocycles. The zero-order chi connectivity index (χ0) is 17.8. The van der Waals surface area contributed by atoms with E-state index in [1.54, 1.807) is 6.20 Å². The largest absolute Gasteiger partial charge is 0.457 e. The molecule has 0 aliphatic carbocycles. The van der Waals surface area contributed by atoms with Crippen LogP contribution in [0.1, 0.15) is 11.7 Å². The number of ether oxygens (including phenoxy) is 1. The lowest BCUT2D eigenvalue weighted by atomic mass is 10.1. The van der Waals surface area contributed by atoms with E-state index in [4.69, 9.17) is 9.26 Å². The summed E-state index contributed by atoms with van der Waals surface area (Å²) in [6.45, 7) is 2.50. The molecule has 0 bridgehead atoms. The molecule has 2 heterocycles. The maximum Gasteiger partial charge on any atom is 0.228 e. The molecule has 0 fully saturated rings. The first-order valence-electron chi connectivity index (χ1n) is 8.43. The number of para-hydroxylation sites is 1. The van der Waals surface area contributed by atoms with Gasteiger partial charge in [0.05, 0.1) is 5.52 Å². The first kappa shape index (κ1) is 16.1. The third-order valence-corrected chi connectivity index (χ3v) is 3.92. The highest BCUT2D eigenvalue weighted by Crippen LogP contribution is 2.28. The SMILES string of the molecule is Cc1noc(CCNc2ccnc3ccc(Oc4ccccc4)cc23)n1. The van der Waals surface area contributed by atoms with Crippen molar-refractivity contribution in [3.63, 3.8) is 0 Å². The molecule has 0 spiro atoms. The lowest BCUT2D eigenvalue weighted by Crippen LogP contribution is -2.05. The number of aryl methyl sites for hydroxylation is 1. The fourth-order valence-electron chi connectivity index (χ4n) is 2.71. The van der Waals surface area contributed by atoms with E-state index in [9.17, 15) is 0 Å². The Morgan fingerprint density at radius 1 is 1.04 bits per heavy atom. The maximum atomic E-state index is 5.93. The predicted molar refractivity (Wildman–Crippen MR) is 99.5 cm³/mol. The summed E-state index contributed by atoms with van der Waals surface area (Å²) in [5.41, 5.74) is 1.90. The minimum atomic E-state index is 0.626. The number of hydrogen-bond acceptors (Lipinski definition) is 6. The quantitative estimate of drug-likeness (QED) is 0.559. The molecule has 26 heavy (non-hydrogen) atoms. The van der Waals surface area contributed by atoms with E-state index in [0.29, 0.717) is 24.7 Å². The summed E-state index contributed by atoms with van der Waals surface area (Å²) in [5.74, 6) is 2.85. The smallest absolute Gasteiger partial charge is 0.228 e. The second-order valence-corrected chi connectivity index (χ2v) is 5.86. The first-order chi connectivity index (χ1) is 12.8. The number of fused-ring (bicyclic) bond motifs is 1. The summed E-state index contributed by atoms with van der Waals surface area (Å²) in [5, 5.41) is 8.22. The maximum absolute atomic E-state index is 5.93. The van der Waals surface area contributed by atoms with Gasteiger partial charge in [-0.1, -0.05) is 23.4 Å². The van der Waals surface area contributed by atoms with Gasteiger partial charge in [0.25, 0.3) is 0 Å². The average molecular weight is 346 g/mol. The number of nitrogens with zero attached hydrogens (tertiary/aromatic N) is 3. The van der Waals surface area contributed by atoms with Gasteiger partial charge in [0.1, 0.15) is 11.5 Å². The summed E-state index contributed by atoms with van der Waals surface area (Å²) in [6.07, 6.45) is 2.45. The Morgan fingerprint density at radius 3 is 2.73 bits per heavy atom. The van der Waals surface area contributed by atoms with Gasteiger partial charge in [-0.25, -0.2) is 0 Å². The second-order valence-electron chi connectivity index (χ2n) is 5.86. The molecular formula is C20H18N4O2. The standard InChI is InChI=1S/C20H18N4O2/c1-14-23-20(26-24-14)10-12-22-19-9-11-21-18-8-7-16(13-17(18)19)25-15-5-3-2-4-6-15/h2-9,11,13H,10,12H2,1H3,(H,21,22). The van der Waals surface area contributed by atoms with Crippen LogP contribution >= 0.6 is 0 Å². The molecule has 0 unspecified atom stereocenters. The molecule has 4 aromatic rings. The van der Waals surface area contributed by atoms with E-state index >= 15 is 0 Å². The molecule has 0 saturated carbocycles. The Balaban J connectivity index is 1.53. The van der Waals surface area contributed by atoms with Crippen molar-refractivity contribution in [2.45, 2.75) is 13.3 Å². The van der Waals surface area contributed by atoms with Gasteiger partial charge in [-0.15, -0.1) is 0 Å². The number of rotatable bonds is 6. The van der Waals surface area contributed by atoms with Crippen molar-refractivity contribution in [2.24, 2.45) is 0 Å². The van der Waals surface area contributed by atoms with E-state index in [-0.39, 0.29) is 0 Å². The number of nitrogens with one attached hydrogen (secondary N) is 1. The number of aromatic nitrogens is 3. The number of hydrogen-bond donors (Lipinski definition) is 1. The van der Waals surface area contributed by atoms with Crippen LogP contribution in [0.3, 0.4) is 0 Å². The molecule has 130 valence electrons. The Bertz CT molecular complexity index is 1010. The molecule has 0 atom stereocenters. The molecule has 4 rings (SSSR count). The first-order valence-corrected chi connectivity index (χ1v) is 8.43. The zero-order valence-corrected chi connectivity index (χ0v) is 14.3. The molecule has 6 nitrogen and oxygen atoms in total. The summed E-state index contributed by atoms with van der Waals surface area (Å²) < 4.78 is 11.1. The summed E-state index contributed by atoms with van der Waals surface area (Å²) in [6, 6.07) is 17.5. The van der Waals surface area contributed by atoms with E-state index in [0.717, 1.165) is 28.1 Å². The molecule has 0 saturated heterocycles. The van der Waals surface area contributed by atoms with Crippen molar-refractivity contribution >= 4 is 16.6 Å². The molecule has 0 amide bonds. The van der Waals surface area contributed by atoms with Gasteiger partial charge in [-0.2, -0.15) is 4.98 Å². The van der Waals surface area contributed by atoms with Crippen molar-refractivity contribution in [1.82, 2.24) is 15.1 Å². The third kappa shape index (κ3) is 3.64. The van der Waals surface area contributed by atoms with Crippen LogP contribution in [0, 0.1) is 6.92 Å². The molecule has 2 aromatic heterocycles. The number of benzene rings is 2. The fourth-order valence-corrected chi connectivity index (χ4v) is 2.71. The minimum Gasteiger partial charge on any atom is -0.457 e. The summed E-state index contributed by atoms with van der Waals surface area (Å²) >= 11 is 0. The van der Waals surface area contributed by atoms with Crippen molar-refractivity contribution in [3.05, 3.63) is 72.5 Å². The van der Waals surface area contributed by atoms with Crippen LogP contribution in [-0.2, 0) is 6.42 Å². The Morgan fingerprint density at radius 2 is 1.92 bits per heavy atom. The van der Waals surface area contributed by atoms with E-state index in [1.807, 2.05) is 61.5 Å². The zero-order valence-electron chi connectivity index (χ0n) is 14.3. The highest BCUT2D eigenvalue weighted by Gasteiger charge is 2.06. The Hall–Kier alpha value is -3.41. The van der Waals surface area contributed by atoms with Crippen molar-refractivity contribution in [1.29, 1.82) is 0 Å². The Labute approximate surface area is 150 Å². The van der Waals surface area contributed by atoms with Crippen molar-refractivity contribution in [2.75, 3.05) is 11.9 Å². The highest BCUT2D eigenvalue weighted by atomic mass is 16.5. The van der Waals surface area contributed by atoms with Crippen LogP contribution < -0.4 is 10.1 Å².